The van der Waals surface area contributed by atoms with Crippen LogP contribution in [0.3, 0.4) is 0 Å². The maximum atomic E-state index is 12.0. The number of rotatable bonds is 5. The molecule has 0 bridgehead atoms. The van der Waals surface area contributed by atoms with E-state index in [1.165, 1.54) is 0 Å². The predicted octanol–water partition coefficient (Wildman–Crippen LogP) is 2.26. The number of carbonyl (C=O) groups excluding carboxylic acids is 1. The van der Waals surface area contributed by atoms with Crippen LogP contribution in [0, 0.1) is 5.92 Å². The van der Waals surface area contributed by atoms with Crippen molar-refractivity contribution in [3.8, 4) is 0 Å². The largest absolute Gasteiger partial charge is 0.444 e. The lowest BCUT2D eigenvalue weighted by Gasteiger charge is -2.33. The number of nitrogens with zero attached hydrogens (tertiary/aromatic N) is 1. The Hall–Kier alpha value is -0.810. The quantitative estimate of drug-likeness (QED) is 0.842. The summed E-state index contributed by atoms with van der Waals surface area (Å²) in [4.78, 5) is 14.3. The molecule has 1 amide bonds. The highest BCUT2D eigenvalue weighted by molar-refractivity contribution is 5.68. The summed E-state index contributed by atoms with van der Waals surface area (Å²) in [5.41, 5.74) is -0.455. The molecule has 0 saturated carbocycles. The third-order valence-electron chi connectivity index (χ3n) is 3.59. The van der Waals surface area contributed by atoms with Crippen LogP contribution in [-0.4, -0.2) is 55.5 Å². The van der Waals surface area contributed by atoms with E-state index in [9.17, 15) is 4.79 Å². The summed E-state index contributed by atoms with van der Waals surface area (Å²) in [5.74, 6) is 0.422. The van der Waals surface area contributed by atoms with Crippen molar-refractivity contribution in [3.05, 3.63) is 0 Å². The lowest BCUT2D eigenvalue weighted by molar-refractivity contribution is 0.0250. The molecule has 5 nitrogen and oxygen atoms in total. The Morgan fingerprint density at radius 3 is 2.45 bits per heavy atom. The molecule has 0 aromatic carbocycles. The Morgan fingerprint density at radius 1 is 1.35 bits per heavy atom. The number of alkyl carbamates (subject to hydrolysis) is 1. The SMILES string of the molecule is CC[C@H](C)C(CN1CCOCC1)NC(=O)OC(C)(C)C. The van der Waals surface area contributed by atoms with Crippen molar-refractivity contribution in [2.75, 3.05) is 32.8 Å². The van der Waals surface area contributed by atoms with Crippen LogP contribution in [0.15, 0.2) is 0 Å². The molecule has 1 rings (SSSR count). The molecular formula is C15H30N2O3. The lowest BCUT2D eigenvalue weighted by Crippen LogP contribution is -2.50. The van der Waals surface area contributed by atoms with Gasteiger partial charge in [0, 0.05) is 25.7 Å². The normalized spacial score (nSPS) is 20.2. The lowest BCUT2D eigenvalue weighted by atomic mass is 9.98. The van der Waals surface area contributed by atoms with Gasteiger partial charge in [0.1, 0.15) is 5.60 Å². The number of morpholine rings is 1. The highest BCUT2D eigenvalue weighted by Gasteiger charge is 2.25. The number of nitrogens with one attached hydrogen (secondary N) is 1. The first-order chi connectivity index (χ1) is 9.31. The van der Waals surface area contributed by atoms with Crippen LogP contribution in [0.2, 0.25) is 0 Å². The van der Waals surface area contributed by atoms with E-state index in [2.05, 4.69) is 24.1 Å². The number of hydrogen-bond acceptors (Lipinski definition) is 4. The summed E-state index contributed by atoms with van der Waals surface area (Å²) in [7, 11) is 0. The number of hydrogen-bond donors (Lipinski definition) is 1. The minimum Gasteiger partial charge on any atom is -0.444 e. The first-order valence-corrected chi connectivity index (χ1v) is 7.61. The fourth-order valence-corrected chi connectivity index (χ4v) is 2.17. The maximum absolute atomic E-state index is 12.0. The van der Waals surface area contributed by atoms with E-state index in [4.69, 9.17) is 9.47 Å². The van der Waals surface area contributed by atoms with Crippen LogP contribution >= 0.6 is 0 Å². The number of carbonyl (C=O) groups is 1. The zero-order chi connectivity index (χ0) is 15.2. The summed E-state index contributed by atoms with van der Waals surface area (Å²) in [5, 5.41) is 3.03. The molecule has 1 fully saturated rings. The highest BCUT2D eigenvalue weighted by Crippen LogP contribution is 2.13. The monoisotopic (exact) mass is 286 g/mol. The molecule has 118 valence electrons. The Balaban J connectivity index is 2.52. The molecule has 1 aliphatic heterocycles. The Bertz CT molecular complexity index is 296. The van der Waals surface area contributed by atoms with Crippen molar-refractivity contribution in [1.82, 2.24) is 10.2 Å². The fraction of sp³-hybridized carbons (Fsp3) is 0.933. The minimum absolute atomic E-state index is 0.118. The van der Waals surface area contributed by atoms with Crippen LogP contribution in [-0.2, 0) is 9.47 Å². The van der Waals surface area contributed by atoms with E-state index < -0.39 is 5.60 Å². The van der Waals surface area contributed by atoms with Gasteiger partial charge in [0.2, 0.25) is 0 Å². The fourth-order valence-electron chi connectivity index (χ4n) is 2.17. The van der Waals surface area contributed by atoms with E-state index in [1.54, 1.807) is 0 Å². The van der Waals surface area contributed by atoms with E-state index >= 15 is 0 Å². The van der Waals surface area contributed by atoms with Crippen LogP contribution in [0.1, 0.15) is 41.0 Å². The first kappa shape index (κ1) is 17.2. The molecule has 5 heteroatoms. The smallest absolute Gasteiger partial charge is 0.407 e. The predicted molar refractivity (Wildman–Crippen MR) is 79.9 cm³/mol. The topological polar surface area (TPSA) is 50.8 Å². The molecular weight excluding hydrogens is 256 g/mol. The van der Waals surface area contributed by atoms with Gasteiger partial charge in [0.25, 0.3) is 0 Å². The first-order valence-electron chi connectivity index (χ1n) is 7.61. The Morgan fingerprint density at radius 2 is 1.95 bits per heavy atom. The van der Waals surface area contributed by atoms with Gasteiger partial charge in [-0.15, -0.1) is 0 Å². The molecule has 0 aliphatic carbocycles. The second-order valence-electron chi connectivity index (χ2n) is 6.55. The van der Waals surface area contributed by atoms with E-state index in [1.807, 2.05) is 20.8 Å². The molecule has 2 atom stereocenters. The average Bonchev–Trinajstić information content (AvgIpc) is 2.36. The molecule has 0 spiro atoms. The summed E-state index contributed by atoms with van der Waals surface area (Å²) in [6, 6.07) is 0.118. The Kier molecular flexibility index (Phi) is 6.76. The van der Waals surface area contributed by atoms with E-state index in [0.29, 0.717) is 5.92 Å². The van der Waals surface area contributed by atoms with Gasteiger partial charge in [-0.1, -0.05) is 20.3 Å². The van der Waals surface area contributed by atoms with Gasteiger partial charge in [-0.2, -0.15) is 0 Å². The van der Waals surface area contributed by atoms with Crippen molar-refractivity contribution in [2.45, 2.75) is 52.7 Å². The van der Waals surface area contributed by atoms with E-state index in [-0.39, 0.29) is 12.1 Å². The molecule has 1 aliphatic rings. The van der Waals surface area contributed by atoms with Crippen LogP contribution in [0.25, 0.3) is 0 Å². The molecule has 20 heavy (non-hydrogen) atoms. The zero-order valence-corrected chi connectivity index (χ0v) is 13.6. The van der Waals surface area contributed by atoms with E-state index in [0.717, 1.165) is 39.3 Å². The summed E-state index contributed by atoms with van der Waals surface area (Å²) in [6.07, 6.45) is 0.709. The summed E-state index contributed by atoms with van der Waals surface area (Å²) < 4.78 is 10.7. The molecule has 0 radical (unpaired) electrons. The van der Waals surface area contributed by atoms with Crippen molar-refractivity contribution < 1.29 is 14.3 Å². The van der Waals surface area contributed by atoms with Gasteiger partial charge in [0.05, 0.1) is 13.2 Å². The molecule has 1 heterocycles. The summed E-state index contributed by atoms with van der Waals surface area (Å²) in [6.45, 7) is 14.2. The third-order valence-corrected chi connectivity index (χ3v) is 3.59. The van der Waals surface area contributed by atoms with Crippen molar-refractivity contribution in [2.24, 2.45) is 5.92 Å². The molecule has 1 saturated heterocycles. The van der Waals surface area contributed by atoms with Crippen molar-refractivity contribution in [1.29, 1.82) is 0 Å². The third kappa shape index (κ3) is 6.57. The second kappa shape index (κ2) is 7.84. The van der Waals surface area contributed by atoms with Gasteiger partial charge >= 0.3 is 6.09 Å². The van der Waals surface area contributed by atoms with Gasteiger partial charge in [-0.05, 0) is 26.7 Å². The standard InChI is InChI=1S/C15H30N2O3/c1-6-12(2)13(11-17-7-9-19-10-8-17)16-14(18)20-15(3,4)5/h12-13H,6-11H2,1-5H3,(H,16,18)/t12-,13?/m0/s1. The van der Waals surface area contributed by atoms with Crippen LogP contribution < -0.4 is 5.32 Å². The molecule has 0 aromatic heterocycles. The van der Waals surface area contributed by atoms with Gasteiger partial charge in [0.15, 0.2) is 0 Å². The average molecular weight is 286 g/mol. The van der Waals surface area contributed by atoms with Crippen LogP contribution in [0.5, 0.6) is 0 Å². The highest BCUT2D eigenvalue weighted by atomic mass is 16.6. The van der Waals surface area contributed by atoms with Gasteiger partial charge in [-0.25, -0.2) is 4.79 Å². The zero-order valence-electron chi connectivity index (χ0n) is 13.6. The van der Waals surface area contributed by atoms with Gasteiger partial charge in [-0.3, -0.25) is 4.90 Å². The minimum atomic E-state index is -0.455. The maximum Gasteiger partial charge on any atom is 0.407 e. The van der Waals surface area contributed by atoms with Crippen molar-refractivity contribution >= 4 is 6.09 Å². The van der Waals surface area contributed by atoms with Crippen molar-refractivity contribution in [3.63, 3.8) is 0 Å². The second-order valence-corrected chi connectivity index (χ2v) is 6.55. The molecule has 1 unspecified atom stereocenters. The summed E-state index contributed by atoms with van der Waals surface area (Å²) >= 11 is 0. The van der Waals surface area contributed by atoms with Crippen LogP contribution in [0.4, 0.5) is 4.79 Å². The molecule has 0 aromatic rings. The molecule has 1 N–H and O–H groups in total. The van der Waals surface area contributed by atoms with Gasteiger partial charge < -0.3 is 14.8 Å². The number of amides is 1. The Labute approximate surface area is 123 Å². The number of ether oxygens (including phenoxy) is 2.